The Bertz CT molecular complexity index is 597. The van der Waals surface area contributed by atoms with Crippen LogP contribution in [-0.4, -0.2) is 10.2 Å². The molecule has 5 heteroatoms. The molecule has 0 unspecified atom stereocenters. The maximum Gasteiger partial charge on any atom is 0.194 e. The zero-order valence-corrected chi connectivity index (χ0v) is 13.2. The van der Waals surface area contributed by atoms with Crippen molar-refractivity contribution in [2.24, 2.45) is 0 Å². The van der Waals surface area contributed by atoms with E-state index in [0.717, 1.165) is 6.42 Å². The quantitative estimate of drug-likeness (QED) is 0.772. The van der Waals surface area contributed by atoms with Crippen molar-refractivity contribution >= 4 is 23.2 Å². The molecular weight excluding hydrogens is 295 g/mol. The van der Waals surface area contributed by atoms with Crippen LogP contribution in [-0.2, 0) is 5.41 Å². The van der Waals surface area contributed by atoms with Gasteiger partial charge in [-0.1, -0.05) is 56.1 Å². The summed E-state index contributed by atoms with van der Waals surface area (Å²) in [6.45, 7) is 6.60. The fourth-order valence-electron chi connectivity index (χ4n) is 1.71. The van der Waals surface area contributed by atoms with Gasteiger partial charge in [0, 0.05) is 6.07 Å². The molecule has 0 saturated carbocycles. The van der Waals surface area contributed by atoms with E-state index in [2.05, 4.69) is 43.1 Å². The van der Waals surface area contributed by atoms with Crippen LogP contribution >= 0.6 is 23.2 Å². The number of hydrogen-bond donors (Lipinski definition) is 0. The lowest BCUT2D eigenvalue weighted by atomic mass is 9.82. The molecule has 0 atom stereocenters. The Morgan fingerprint density at radius 2 is 1.75 bits per heavy atom. The van der Waals surface area contributed by atoms with Crippen LogP contribution in [0, 0.1) is 0 Å². The molecule has 0 radical (unpaired) electrons. The third-order valence-corrected chi connectivity index (χ3v) is 3.88. The van der Waals surface area contributed by atoms with Crippen LogP contribution < -0.4 is 4.74 Å². The lowest BCUT2D eigenvalue weighted by Crippen LogP contribution is -2.14. The first-order chi connectivity index (χ1) is 9.42. The third kappa shape index (κ3) is 3.41. The van der Waals surface area contributed by atoms with Crippen molar-refractivity contribution in [1.82, 2.24) is 10.2 Å². The highest BCUT2D eigenvalue weighted by Crippen LogP contribution is 2.31. The van der Waals surface area contributed by atoms with E-state index in [4.69, 9.17) is 27.9 Å². The van der Waals surface area contributed by atoms with E-state index in [9.17, 15) is 0 Å². The topological polar surface area (TPSA) is 35.0 Å². The molecule has 0 spiro atoms. The molecule has 0 amide bonds. The molecule has 2 rings (SSSR count). The van der Waals surface area contributed by atoms with Gasteiger partial charge in [0.25, 0.3) is 0 Å². The summed E-state index contributed by atoms with van der Waals surface area (Å²) in [6, 6.07) is 9.49. The maximum absolute atomic E-state index is 5.92. The smallest absolute Gasteiger partial charge is 0.194 e. The highest BCUT2D eigenvalue weighted by atomic mass is 35.5. The Hall–Kier alpha value is -1.32. The Labute approximate surface area is 128 Å². The Balaban J connectivity index is 2.21. The zero-order valence-electron chi connectivity index (χ0n) is 11.7. The number of aromatic nitrogens is 2. The van der Waals surface area contributed by atoms with Gasteiger partial charge in [0.1, 0.15) is 5.75 Å². The predicted octanol–water partition coefficient (Wildman–Crippen LogP) is 5.26. The van der Waals surface area contributed by atoms with Gasteiger partial charge in [-0.2, -0.15) is 0 Å². The number of rotatable bonds is 4. The Morgan fingerprint density at radius 1 is 1.10 bits per heavy atom. The molecule has 1 heterocycles. The minimum Gasteiger partial charge on any atom is -0.454 e. The van der Waals surface area contributed by atoms with E-state index < -0.39 is 0 Å². The van der Waals surface area contributed by atoms with Gasteiger partial charge >= 0.3 is 0 Å². The van der Waals surface area contributed by atoms with Crippen molar-refractivity contribution < 1.29 is 4.74 Å². The van der Waals surface area contributed by atoms with Gasteiger partial charge in [0.05, 0.1) is 0 Å². The number of nitrogens with zero attached hydrogens (tertiary/aromatic N) is 2. The van der Waals surface area contributed by atoms with Crippen molar-refractivity contribution in [2.75, 3.05) is 0 Å². The van der Waals surface area contributed by atoms with Gasteiger partial charge in [-0.25, -0.2) is 0 Å². The summed E-state index contributed by atoms with van der Waals surface area (Å²) in [4.78, 5) is 0. The molecule has 1 aromatic heterocycles. The summed E-state index contributed by atoms with van der Waals surface area (Å²) >= 11 is 11.7. The fourth-order valence-corrected chi connectivity index (χ4v) is 1.98. The highest BCUT2D eigenvalue weighted by molar-refractivity contribution is 6.32. The van der Waals surface area contributed by atoms with Crippen LogP contribution in [0.5, 0.6) is 11.5 Å². The van der Waals surface area contributed by atoms with Crippen LogP contribution in [0.25, 0.3) is 0 Å². The second-order valence-corrected chi connectivity index (χ2v) is 5.93. The van der Waals surface area contributed by atoms with Gasteiger partial charge < -0.3 is 4.74 Å². The normalized spacial score (nSPS) is 11.4. The lowest BCUT2D eigenvalue weighted by Gasteiger charge is -2.23. The first-order valence-corrected chi connectivity index (χ1v) is 7.15. The van der Waals surface area contributed by atoms with E-state index in [1.165, 1.54) is 5.56 Å². The first-order valence-electron chi connectivity index (χ1n) is 6.39. The van der Waals surface area contributed by atoms with E-state index >= 15 is 0 Å². The molecular formula is C15H16Cl2N2O. The van der Waals surface area contributed by atoms with Crippen molar-refractivity contribution in [3.05, 3.63) is 46.2 Å². The number of ether oxygens (including phenoxy) is 1. The van der Waals surface area contributed by atoms with E-state index in [-0.39, 0.29) is 15.7 Å². The summed E-state index contributed by atoms with van der Waals surface area (Å²) in [5.41, 5.74) is 1.42. The minimum atomic E-state index is 0.151. The van der Waals surface area contributed by atoms with E-state index in [1.807, 2.05) is 12.1 Å². The third-order valence-electron chi connectivity index (χ3n) is 3.43. The second-order valence-electron chi connectivity index (χ2n) is 5.19. The van der Waals surface area contributed by atoms with Gasteiger partial charge in [-0.05, 0) is 29.5 Å². The van der Waals surface area contributed by atoms with Gasteiger partial charge in [-0.15, -0.1) is 10.2 Å². The molecule has 0 aliphatic carbocycles. The molecule has 0 bridgehead atoms. The van der Waals surface area contributed by atoms with Gasteiger partial charge in [-0.3, -0.25) is 0 Å². The van der Waals surface area contributed by atoms with Crippen molar-refractivity contribution in [1.29, 1.82) is 0 Å². The summed E-state index contributed by atoms with van der Waals surface area (Å²) < 4.78 is 5.67. The second kappa shape index (κ2) is 5.98. The molecule has 2 aromatic rings. The summed E-state index contributed by atoms with van der Waals surface area (Å²) in [6.07, 6.45) is 1.07. The van der Waals surface area contributed by atoms with Crippen molar-refractivity contribution in [3.8, 4) is 11.5 Å². The number of hydrogen-bond acceptors (Lipinski definition) is 3. The minimum absolute atomic E-state index is 0.151. The van der Waals surface area contributed by atoms with Gasteiger partial charge in [0.15, 0.2) is 16.1 Å². The summed E-state index contributed by atoms with van der Waals surface area (Å²) in [7, 11) is 0. The SMILES string of the molecule is CCC(C)(C)c1ccc(Oc2cc(Cl)nnc2Cl)cc1. The Morgan fingerprint density at radius 3 is 2.35 bits per heavy atom. The van der Waals surface area contributed by atoms with Crippen LogP contribution in [0.4, 0.5) is 0 Å². The molecule has 0 aliphatic heterocycles. The van der Waals surface area contributed by atoms with Crippen LogP contribution in [0.15, 0.2) is 30.3 Å². The van der Waals surface area contributed by atoms with Crippen molar-refractivity contribution in [3.63, 3.8) is 0 Å². The highest BCUT2D eigenvalue weighted by Gasteiger charge is 2.17. The number of benzene rings is 1. The standard InChI is InChI=1S/C15H16Cl2N2O/c1-4-15(2,3)10-5-7-11(8-6-10)20-12-9-13(16)18-19-14(12)17/h5-9H,4H2,1-3H3. The lowest BCUT2D eigenvalue weighted by molar-refractivity contribution is 0.475. The van der Waals surface area contributed by atoms with Crippen LogP contribution in [0.1, 0.15) is 32.8 Å². The molecule has 0 aliphatic rings. The molecule has 0 fully saturated rings. The monoisotopic (exact) mass is 310 g/mol. The van der Waals surface area contributed by atoms with Crippen molar-refractivity contribution in [2.45, 2.75) is 32.6 Å². The number of halogens is 2. The molecule has 1 aromatic carbocycles. The zero-order chi connectivity index (χ0) is 14.8. The fraction of sp³-hybridized carbons (Fsp3) is 0.333. The molecule has 20 heavy (non-hydrogen) atoms. The van der Waals surface area contributed by atoms with E-state index in [0.29, 0.717) is 11.5 Å². The van der Waals surface area contributed by atoms with Crippen LogP contribution in [0.3, 0.4) is 0 Å². The summed E-state index contributed by atoms with van der Waals surface area (Å²) in [5.74, 6) is 1.08. The molecule has 0 N–H and O–H groups in total. The predicted molar refractivity (Wildman–Crippen MR) is 81.9 cm³/mol. The maximum atomic E-state index is 5.92. The molecule has 0 saturated heterocycles. The summed E-state index contributed by atoms with van der Waals surface area (Å²) in [5, 5.41) is 7.78. The largest absolute Gasteiger partial charge is 0.454 e. The van der Waals surface area contributed by atoms with E-state index in [1.54, 1.807) is 6.07 Å². The average molecular weight is 311 g/mol. The first kappa shape index (κ1) is 15.1. The Kier molecular flexibility index (Phi) is 4.51. The van der Waals surface area contributed by atoms with Crippen LogP contribution in [0.2, 0.25) is 10.3 Å². The molecule has 106 valence electrons. The van der Waals surface area contributed by atoms with Gasteiger partial charge in [0.2, 0.25) is 0 Å². The average Bonchev–Trinajstić information content (AvgIpc) is 2.43. The molecule has 3 nitrogen and oxygen atoms in total.